The van der Waals surface area contributed by atoms with Gasteiger partial charge in [0.1, 0.15) is 0 Å². The van der Waals surface area contributed by atoms with Gasteiger partial charge in [0, 0.05) is 34.1 Å². The van der Waals surface area contributed by atoms with Crippen molar-refractivity contribution in [1.29, 1.82) is 5.26 Å². The molecule has 0 fully saturated rings. The van der Waals surface area contributed by atoms with Crippen LogP contribution in [0.1, 0.15) is 51.3 Å². The molecule has 2 aromatic rings. The zero-order valence-electron chi connectivity index (χ0n) is 15.6. The Morgan fingerprint density at radius 1 is 1.04 bits per heavy atom. The lowest BCUT2D eigenvalue weighted by atomic mass is 10.1. The minimum absolute atomic E-state index is 0.742. The Labute approximate surface area is 156 Å². The number of nitriles is 1. The van der Waals surface area contributed by atoms with Gasteiger partial charge in [-0.3, -0.25) is 0 Å². The van der Waals surface area contributed by atoms with Crippen molar-refractivity contribution >= 4 is 23.1 Å². The number of thiophene rings is 1. The average molecular weight is 353 g/mol. The summed E-state index contributed by atoms with van der Waals surface area (Å²) in [6, 6.07) is 15.3. The molecule has 0 aliphatic rings. The first-order chi connectivity index (χ1) is 12.2. The number of anilines is 1. The van der Waals surface area contributed by atoms with Crippen molar-refractivity contribution in [2.24, 2.45) is 0 Å². The fourth-order valence-corrected chi connectivity index (χ4v) is 3.75. The molecule has 0 amide bonds. The van der Waals surface area contributed by atoms with E-state index < -0.39 is 0 Å². The number of unbranched alkanes of at least 4 members (excludes halogenated alkanes) is 2. The van der Waals surface area contributed by atoms with E-state index in [-0.39, 0.29) is 0 Å². The summed E-state index contributed by atoms with van der Waals surface area (Å²) in [6.45, 7) is 8.61. The van der Waals surface area contributed by atoms with Gasteiger partial charge in [-0.1, -0.05) is 38.8 Å². The summed E-state index contributed by atoms with van der Waals surface area (Å²) >= 11 is 1.73. The second-order valence-electron chi connectivity index (χ2n) is 6.38. The molecule has 0 aliphatic carbocycles. The van der Waals surface area contributed by atoms with Crippen molar-refractivity contribution in [3.63, 3.8) is 0 Å². The van der Waals surface area contributed by atoms with Crippen molar-refractivity contribution in [2.45, 2.75) is 46.5 Å². The van der Waals surface area contributed by atoms with Crippen LogP contribution < -0.4 is 4.90 Å². The summed E-state index contributed by atoms with van der Waals surface area (Å²) in [4.78, 5) is 4.89. The summed E-state index contributed by atoms with van der Waals surface area (Å²) in [5.41, 5.74) is 3.31. The van der Waals surface area contributed by atoms with E-state index in [0.717, 1.165) is 23.5 Å². The second-order valence-corrected chi connectivity index (χ2v) is 7.50. The van der Waals surface area contributed by atoms with Crippen molar-refractivity contribution in [3.05, 3.63) is 46.8 Å². The molecular weight excluding hydrogens is 324 g/mol. The lowest BCUT2D eigenvalue weighted by molar-refractivity contribution is 0.678. The number of hydrogen-bond acceptors (Lipinski definition) is 3. The molecule has 1 aromatic heterocycles. The third kappa shape index (κ3) is 5.76. The topological polar surface area (TPSA) is 27.0 Å². The van der Waals surface area contributed by atoms with Gasteiger partial charge >= 0.3 is 0 Å². The molecule has 0 spiro atoms. The van der Waals surface area contributed by atoms with Gasteiger partial charge in [0.2, 0.25) is 0 Å². The number of hydrogen-bond donors (Lipinski definition) is 0. The predicted octanol–water partition coefficient (Wildman–Crippen LogP) is 6.75. The molecule has 0 bridgehead atoms. The Balaban J connectivity index is 2.13. The van der Waals surface area contributed by atoms with Crippen LogP contribution in [0.2, 0.25) is 0 Å². The number of benzene rings is 1. The first-order valence-electron chi connectivity index (χ1n) is 9.21. The minimum atomic E-state index is 0.742. The molecule has 0 saturated carbocycles. The van der Waals surface area contributed by atoms with E-state index in [1.807, 2.05) is 13.0 Å². The van der Waals surface area contributed by atoms with Crippen LogP contribution in [0, 0.1) is 11.3 Å². The van der Waals surface area contributed by atoms with Gasteiger partial charge in [0.15, 0.2) is 0 Å². The molecule has 0 aliphatic heterocycles. The quantitative estimate of drug-likeness (QED) is 0.467. The number of allylic oxidation sites excluding steroid dienone is 1. The minimum Gasteiger partial charge on any atom is -0.372 e. The molecule has 0 unspecified atom stereocenters. The van der Waals surface area contributed by atoms with Crippen LogP contribution in [-0.4, -0.2) is 13.1 Å². The lowest BCUT2D eigenvalue weighted by Crippen LogP contribution is -2.25. The van der Waals surface area contributed by atoms with Crippen LogP contribution in [0.4, 0.5) is 5.69 Å². The highest BCUT2D eigenvalue weighted by Gasteiger charge is 2.07. The Morgan fingerprint density at radius 3 is 2.24 bits per heavy atom. The Kier molecular flexibility index (Phi) is 7.76. The zero-order chi connectivity index (χ0) is 18.1. The molecule has 1 aromatic carbocycles. The van der Waals surface area contributed by atoms with Gasteiger partial charge in [0.05, 0.1) is 6.07 Å². The maximum Gasteiger partial charge on any atom is 0.0944 e. The van der Waals surface area contributed by atoms with Crippen LogP contribution in [-0.2, 0) is 0 Å². The highest BCUT2D eigenvalue weighted by Crippen LogP contribution is 2.31. The molecule has 0 saturated heterocycles. The maximum atomic E-state index is 8.91. The fourth-order valence-electron chi connectivity index (χ4n) is 2.74. The van der Waals surface area contributed by atoms with Gasteiger partial charge in [0.25, 0.3) is 0 Å². The van der Waals surface area contributed by atoms with E-state index in [4.69, 9.17) is 5.26 Å². The molecule has 1 heterocycles. The highest BCUT2D eigenvalue weighted by molar-refractivity contribution is 7.16. The van der Waals surface area contributed by atoms with Crippen LogP contribution in [0.25, 0.3) is 16.5 Å². The molecule has 2 nitrogen and oxygen atoms in total. The number of nitrogens with zero attached hydrogens (tertiary/aromatic N) is 2. The smallest absolute Gasteiger partial charge is 0.0944 e. The van der Waals surface area contributed by atoms with Gasteiger partial charge in [-0.2, -0.15) is 5.26 Å². The van der Waals surface area contributed by atoms with E-state index in [1.54, 1.807) is 11.3 Å². The van der Waals surface area contributed by atoms with Crippen molar-refractivity contribution in [1.82, 2.24) is 0 Å². The van der Waals surface area contributed by atoms with Crippen LogP contribution in [0.15, 0.2) is 42.0 Å². The van der Waals surface area contributed by atoms with E-state index in [9.17, 15) is 0 Å². The third-order valence-electron chi connectivity index (χ3n) is 4.24. The molecule has 25 heavy (non-hydrogen) atoms. The van der Waals surface area contributed by atoms with Gasteiger partial charge < -0.3 is 4.90 Å². The normalized spacial score (nSPS) is 11.4. The standard InChI is InChI=1S/C22H28N2S/c1-4-6-14-24(15-7-5-2)20-10-8-19(9-11-20)22-13-12-21(25-22)16-18(3)17-23/h8-13,16H,4-7,14-15H2,1-3H3/b18-16-. The third-order valence-corrected chi connectivity index (χ3v) is 5.32. The SMILES string of the molecule is CCCCN(CCCC)c1ccc(-c2ccc(/C=C(/C)C#N)s2)cc1. The van der Waals surface area contributed by atoms with E-state index in [2.05, 4.69) is 61.2 Å². The summed E-state index contributed by atoms with van der Waals surface area (Å²) < 4.78 is 0. The summed E-state index contributed by atoms with van der Waals surface area (Å²) in [7, 11) is 0. The van der Waals surface area contributed by atoms with Crippen molar-refractivity contribution in [3.8, 4) is 16.5 Å². The average Bonchev–Trinajstić information content (AvgIpc) is 3.10. The molecule has 0 atom stereocenters. The van der Waals surface area contributed by atoms with Gasteiger partial charge in [-0.15, -0.1) is 11.3 Å². The summed E-state index contributed by atoms with van der Waals surface area (Å²) in [6.07, 6.45) is 6.89. The van der Waals surface area contributed by atoms with E-state index in [1.165, 1.54) is 41.8 Å². The molecule has 2 rings (SSSR count). The Hall–Kier alpha value is -2.05. The number of rotatable bonds is 9. The fraction of sp³-hybridized carbons (Fsp3) is 0.409. The molecule has 3 heteroatoms. The maximum absolute atomic E-state index is 8.91. The lowest BCUT2D eigenvalue weighted by Gasteiger charge is -2.24. The highest BCUT2D eigenvalue weighted by atomic mass is 32.1. The van der Waals surface area contributed by atoms with Crippen LogP contribution in [0.5, 0.6) is 0 Å². The van der Waals surface area contributed by atoms with Gasteiger partial charge in [-0.25, -0.2) is 0 Å². The first-order valence-corrected chi connectivity index (χ1v) is 10.0. The molecule has 0 radical (unpaired) electrons. The van der Waals surface area contributed by atoms with E-state index in [0.29, 0.717) is 0 Å². The summed E-state index contributed by atoms with van der Waals surface area (Å²) in [5, 5.41) is 8.91. The van der Waals surface area contributed by atoms with Crippen LogP contribution >= 0.6 is 11.3 Å². The second kappa shape index (κ2) is 10.1. The van der Waals surface area contributed by atoms with E-state index >= 15 is 0 Å². The monoisotopic (exact) mass is 352 g/mol. The predicted molar refractivity (Wildman–Crippen MR) is 111 cm³/mol. The van der Waals surface area contributed by atoms with Crippen molar-refractivity contribution < 1.29 is 0 Å². The van der Waals surface area contributed by atoms with Gasteiger partial charge in [-0.05, 0) is 55.7 Å². The van der Waals surface area contributed by atoms with Crippen molar-refractivity contribution in [2.75, 3.05) is 18.0 Å². The van der Waals surface area contributed by atoms with Crippen LogP contribution in [0.3, 0.4) is 0 Å². The zero-order valence-corrected chi connectivity index (χ0v) is 16.4. The Bertz CT molecular complexity index is 711. The first kappa shape index (κ1) is 19.3. The molecule has 132 valence electrons. The largest absolute Gasteiger partial charge is 0.372 e. The molecule has 0 N–H and O–H groups in total. The molecular formula is C22H28N2S. The summed E-state index contributed by atoms with van der Waals surface area (Å²) in [5.74, 6) is 0. The Morgan fingerprint density at radius 2 is 1.68 bits per heavy atom.